The van der Waals surface area contributed by atoms with Crippen LogP contribution in [0, 0.1) is 0 Å². The second kappa shape index (κ2) is 13.8. The molecular formula is C23H50O7Si2. The smallest absolute Gasteiger partial charge is 0.333 e. The van der Waals surface area contributed by atoms with Crippen molar-refractivity contribution in [2.45, 2.75) is 117 Å². The van der Waals surface area contributed by atoms with Gasteiger partial charge in [-0.3, -0.25) is 0 Å². The third kappa shape index (κ3) is 13.1. The van der Waals surface area contributed by atoms with Crippen molar-refractivity contribution in [2.75, 3.05) is 20.3 Å². The molecule has 0 aromatic heterocycles. The van der Waals surface area contributed by atoms with Gasteiger partial charge in [0, 0.05) is 13.2 Å². The largest absolute Gasteiger partial charge is 0.479 e. The number of carboxylic acids is 1. The molecule has 1 N–H and O–H groups in total. The van der Waals surface area contributed by atoms with Gasteiger partial charge in [-0.05, 0) is 63.0 Å². The zero-order chi connectivity index (χ0) is 26.0. The molecule has 1 rings (SSSR count). The summed E-state index contributed by atoms with van der Waals surface area (Å²) in [4.78, 5) is 21.8. The topological polar surface area (TPSA) is 91.3 Å². The van der Waals surface area contributed by atoms with Gasteiger partial charge in [0.2, 0.25) is 0 Å². The number of hydrogen-bond donors (Lipinski definition) is 1. The summed E-state index contributed by atoms with van der Waals surface area (Å²) in [5, 5.41) is 8.89. The standard InChI is InChI=1S/C10H22O3Si.C9H20O3Si.C4H8O/c1-8(9(11)12-5)13-14(6,7)10(2,3)4;1-7(8(10)11)12-13(5,6)9(2,3)4;1-2-4-5-3-1/h8H,1-7H3;7H,1-6H3,(H,10,11);1-4H2/t8-;7-;/m11./s1. The van der Waals surface area contributed by atoms with E-state index >= 15 is 0 Å². The van der Waals surface area contributed by atoms with Gasteiger partial charge in [0.15, 0.2) is 16.6 Å². The molecule has 1 fully saturated rings. The van der Waals surface area contributed by atoms with Gasteiger partial charge >= 0.3 is 11.9 Å². The van der Waals surface area contributed by atoms with Crippen LogP contribution in [-0.2, 0) is 27.9 Å². The molecule has 1 saturated heterocycles. The number of esters is 1. The number of hydrogen-bond acceptors (Lipinski definition) is 6. The van der Waals surface area contributed by atoms with Crippen LogP contribution in [0.5, 0.6) is 0 Å². The molecule has 0 saturated carbocycles. The van der Waals surface area contributed by atoms with E-state index in [0.717, 1.165) is 13.2 Å². The first kappa shape index (κ1) is 33.4. The van der Waals surface area contributed by atoms with Crippen LogP contribution in [0.3, 0.4) is 0 Å². The molecule has 0 amide bonds. The Labute approximate surface area is 198 Å². The number of rotatable bonds is 6. The van der Waals surface area contributed by atoms with E-state index in [1.165, 1.54) is 20.0 Å². The Hall–Kier alpha value is -0.746. The zero-order valence-electron chi connectivity index (χ0n) is 22.9. The molecule has 7 nitrogen and oxygen atoms in total. The lowest BCUT2D eigenvalue weighted by atomic mass is 10.2. The Morgan fingerprint density at radius 3 is 1.38 bits per heavy atom. The third-order valence-corrected chi connectivity index (χ3v) is 15.4. The normalized spacial score (nSPS) is 16.7. The van der Waals surface area contributed by atoms with Gasteiger partial charge in [-0.1, -0.05) is 41.5 Å². The second-order valence-electron chi connectivity index (χ2n) is 11.2. The number of ether oxygens (including phenoxy) is 2. The summed E-state index contributed by atoms with van der Waals surface area (Å²) >= 11 is 0. The molecule has 0 aliphatic carbocycles. The molecule has 0 bridgehead atoms. The highest BCUT2D eigenvalue weighted by atomic mass is 28.4. The fraction of sp³-hybridized carbons (Fsp3) is 0.913. The van der Waals surface area contributed by atoms with E-state index in [4.69, 9.17) is 18.7 Å². The van der Waals surface area contributed by atoms with Crippen LogP contribution >= 0.6 is 0 Å². The van der Waals surface area contributed by atoms with Gasteiger partial charge in [0.05, 0.1) is 7.11 Å². The Balaban J connectivity index is 0. The van der Waals surface area contributed by atoms with E-state index in [9.17, 15) is 9.59 Å². The van der Waals surface area contributed by atoms with Crippen molar-refractivity contribution < 1.29 is 33.0 Å². The number of aliphatic carboxylic acids is 1. The van der Waals surface area contributed by atoms with Gasteiger partial charge in [0.1, 0.15) is 12.2 Å². The summed E-state index contributed by atoms with van der Waals surface area (Å²) in [6.45, 7) is 26.4. The summed E-state index contributed by atoms with van der Waals surface area (Å²) in [5.41, 5.74) is 0. The first-order chi connectivity index (χ1) is 14.2. The van der Waals surface area contributed by atoms with Crippen LogP contribution < -0.4 is 0 Å². The highest BCUT2D eigenvalue weighted by molar-refractivity contribution is 6.74. The molecule has 1 heterocycles. The summed E-state index contributed by atoms with van der Waals surface area (Å²) in [5.74, 6) is -1.18. The Bertz CT molecular complexity index is 552. The van der Waals surface area contributed by atoms with Crippen molar-refractivity contribution in [2.24, 2.45) is 0 Å². The quantitative estimate of drug-likeness (QED) is 0.366. The van der Waals surface area contributed by atoms with Crippen molar-refractivity contribution in [3.05, 3.63) is 0 Å². The first-order valence-corrected chi connectivity index (χ1v) is 17.2. The van der Waals surface area contributed by atoms with Crippen molar-refractivity contribution in [3.63, 3.8) is 0 Å². The average molecular weight is 495 g/mol. The summed E-state index contributed by atoms with van der Waals surface area (Å²) < 4.78 is 21.0. The maximum absolute atomic E-state index is 11.2. The summed E-state index contributed by atoms with van der Waals surface area (Å²) in [6.07, 6.45) is 1.40. The van der Waals surface area contributed by atoms with Crippen LogP contribution in [0.2, 0.25) is 36.3 Å². The predicted molar refractivity (Wildman–Crippen MR) is 135 cm³/mol. The summed E-state index contributed by atoms with van der Waals surface area (Å²) in [7, 11) is -2.38. The molecular weight excluding hydrogens is 444 g/mol. The van der Waals surface area contributed by atoms with Gasteiger partial charge < -0.3 is 23.4 Å². The SMILES string of the molecule is C1CCOC1.COC(=O)[C@@H](C)O[Si](C)(C)C(C)(C)C.C[C@@H](O[Si](C)(C)C(C)(C)C)C(=O)O. The molecule has 2 atom stereocenters. The number of carbonyl (C=O) groups is 2. The van der Waals surface area contributed by atoms with Crippen molar-refractivity contribution in [3.8, 4) is 0 Å². The minimum Gasteiger partial charge on any atom is -0.479 e. The van der Waals surface area contributed by atoms with Gasteiger partial charge in [-0.15, -0.1) is 0 Å². The lowest BCUT2D eigenvalue weighted by Crippen LogP contribution is -2.45. The maximum Gasteiger partial charge on any atom is 0.333 e. The molecule has 192 valence electrons. The van der Waals surface area contributed by atoms with Crippen molar-refractivity contribution >= 4 is 28.6 Å². The van der Waals surface area contributed by atoms with Crippen LogP contribution in [0.4, 0.5) is 0 Å². The van der Waals surface area contributed by atoms with E-state index in [1.807, 2.05) is 13.1 Å². The van der Waals surface area contributed by atoms with Crippen LogP contribution in [0.15, 0.2) is 0 Å². The first-order valence-electron chi connectivity index (χ1n) is 11.4. The minimum absolute atomic E-state index is 0.0662. The number of carbonyl (C=O) groups excluding carboxylic acids is 1. The van der Waals surface area contributed by atoms with Crippen LogP contribution in [0.1, 0.15) is 68.2 Å². The molecule has 0 aromatic rings. The average Bonchev–Trinajstić information content (AvgIpc) is 3.18. The third-order valence-electron chi connectivity index (χ3n) is 6.26. The highest BCUT2D eigenvalue weighted by Gasteiger charge is 2.40. The van der Waals surface area contributed by atoms with E-state index in [0.29, 0.717) is 0 Å². The Morgan fingerprint density at radius 2 is 1.16 bits per heavy atom. The van der Waals surface area contributed by atoms with Crippen molar-refractivity contribution in [1.29, 1.82) is 0 Å². The van der Waals surface area contributed by atoms with E-state index in [1.54, 1.807) is 13.8 Å². The van der Waals surface area contributed by atoms with Crippen molar-refractivity contribution in [1.82, 2.24) is 0 Å². The highest BCUT2D eigenvalue weighted by Crippen LogP contribution is 2.38. The minimum atomic E-state index is -1.91. The molecule has 0 spiro atoms. The second-order valence-corrected chi connectivity index (χ2v) is 20.7. The molecule has 0 unspecified atom stereocenters. The number of methoxy groups -OCH3 is 1. The number of carboxylic acid groups (broad SMARTS) is 1. The fourth-order valence-electron chi connectivity index (χ4n) is 2.01. The maximum atomic E-state index is 11.2. The fourth-order valence-corrected chi connectivity index (χ4v) is 4.68. The van der Waals surface area contributed by atoms with E-state index in [-0.39, 0.29) is 16.0 Å². The molecule has 0 aromatic carbocycles. The zero-order valence-corrected chi connectivity index (χ0v) is 24.9. The van der Waals surface area contributed by atoms with Gasteiger partial charge in [-0.2, -0.15) is 0 Å². The monoisotopic (exact) mass is 494 g/mol. The molecule has 9 heteroatoms. The Kier molecular flexibility index (Phi) is 14.5. The molecule has 1 aliphatic heterocycles. The summed E-state index contributed by atoms with van der Waals surface area (Å²) in [6, 6.07) is 0. The molecule has 0 radical (unpaired) electrons. The molecule has 1 aliphatic rings. The van der Waals surface area contributed by atoms with Gasteiger partial charge in [0.25, 0.3) is 0 Å². The van der Waals surface area contributed by atoms with E-state index in [2.05, 4.69) is 59.4 Å². The predicted octanol–water partition coefficient (Wildman–Crippen LogP) is 5.85. The van der Waals surface area contributed by atoms with E-state index < -0.39 is 34.8 Å². The van der Waals surface area contributed by atoms with Crippen LogP contribution in [0.25, 0.3) is 0 Å². The van der Waals surface area contributed by atoms with Gasteiger partial charge in [-0.25, -0.2) is 9.59 Å². The van der Waals surface area contributed by atoms with Crippen LogP contribution in [-0.4, -0.2) is 66.2 Å². The lowest BCUT2D eigenvalue weighted by Gasteiger charge is -2.37. The molecule has 32 heavy (non-hydrogen) atoms. The lowest BCUT2D eigenvalue weighted by molar-refractivity contribution is -0.148. The Morgan fingerprint density at radius 1 is 0.812 bits per heavy atom.